The Morgan fingerprint density at radius 1 is 1.32 bits per heavy atom. The highest BCUT2D eigenvalue weighted by atomic mass is 35.5. The second-order valence-electron chi connectivity index (χ2n) is 6.85. The zero-order chi connectivity index (χ0) is 23.1. The van der Waals surface area contributed by atoms with Crippen LogP contribution in [0.2, 0.25) is 10.0 Å². The number of halogens is 6. The normalized spacial score (nSPS) is 23.9. The van der Waals surface area contributed by atoms with Gasteiger partial charge in [0.2, 0.25) is 0 Å². The Balaban J connectivity index is 2.02. The van der Waals surface area contributed by atoms with Gasteiger partial charge >= 0.3 is 6.18 Å². The molecule has 2 aromatic heterocycles. The first-order chi connectivity index (χ1) is 14.3. The van der Waals surface area contributed by atoms with Gasteiger partial charge in [-0.3, -0.25) is 9.79 Å². The smallest absolute Gasteiger partial charge is 0.385 e. The fraction of sp³-hybridized carbons (Fsp3) is 0.333. The van der Waals surface area contributed by atoms with E-state index in [0.717, 1.165) is 19.1 Å². The van der Waals surface area contributed by atoms with E-state index < -0.39 is 41.3 Å². The number of carbonyl (C=O) groups excluding carboxylic acids is 1. The minimum atomic E-state index is -4.90. The van der Waals surface area contributed by atoms with Crippen LogP contribution in [-0.2, 0) is 10.3 Å². The number of ether oxygens (including phenoxy) is 1. The molecule has 7 nitrogen and oxygen atoms in total. The van der Waals surface area contributed by atoms with Crippen LogP contribution in [0.4, 0.5) is 23.4 Å². The zero-order valence-electron chi connectivity index (χ0n) is 16.0. The Bertz CT molecular complexity index is 1070. The van der Waals surface area contributed by atoms with E-state index in [1.165, 1.54) is 19.2 Å². The van der Waals surface area contributed by atoms with Gasteiger partial charge in [-0.1, -0.05) is 23.2 Å². The van der Waals surface area contributed by atoms with E-state index in [-0.39, 0.29) is 27.4 Å². The molecule has 0 bridgehead atoms. The lowest BCUT2D eigenvalue weighted by Crippen LogP contribution is -2.56. The molecule has 13 heteroatoms. The van der Waals surface area contributed by atoms with Crippen LogP contribution in [0.25, 0.3) is 0 Å². The maximum absolute atomic E-state index is 14.6. The first-order valence-corrected chi connectivity index (χ1v) is 9.45. The summed E-state index contributed by atoms with van der Waals surface area (Å²) in [6.07, 6.45) is -7.38. The number of hydrogen-bond donors (Lipinski definition) is 2. The molecule has 2 aromatic rings. The molecule has 3 rings (SSSR count). The van der Waals surface area contributed by atoms with Gasteiger partial charge in [0.05, 0.1) is 10.0 Å². The van der Waals surface area contributed by atoms with Gasteiger partial charge in [-0.2, -0.15) is 13.2 Å². The molecule has 1 amide bonds. The van der Waals surface area contributed by atoms with E-state index in [4.69, 9.17) is 33.7 Å². The van der Waals surface area contributed by atoms with Crippen LogP contribution >= 0.6 is 23.2 Å². The van der Waals surface area contributed by atoms with E-state index in [1.54, 1.807) is 0 Å². The molecule has 0 radical (unpaired) electrons. The standard InChI is InChI=1S/C18H15Cl2F4N5O2/c1-7-14(25)29-17(2,16(31-7)18(22,23)24)13-10(21)3-4-11(27-13)28-15(30)12-9(20)5-8(19)6-26-12/h3-7,16H,1-2H3,(H2,25,29)(H,27,28,30). The molecule has 0 fully saturated rings. The number of hydrogen-bond acceptors (Lipinski definition) is 6. The van der Waals surface area contributed by atoms with Crippen molar-refractivity contribution in [3.63, 3.8) is 0 Å². The topological polar surface area (TPSA) is 102 Å². The number of aromatic nitrogens is 2. The van der Waals surface area contributed by atoms with E-state index >= 15 is 0 Å². The number of anilines is 1. The van der Waals surface area contributed by atoms with Crippen molar-refractivity contribution >= 4 is 40.8 Å². The van der Waals surface area contributed by atoms with Gasteiger partial charge in [-0.05, 0) is 32.0 Å². The van der Waals surface area contributed by atoms with Crippen molar-refractivity contribution in [3.05, 3.63) is 51.6 Å². The molecule has 3 N–H and O–H groups in total. The van der Waals surface area contributed by atoms with Gasteiger partial charge in [0.25, 0.3) is 5.91 Å². The van der Waals surface area contributed by atoms with Crippen molar-refractivity contribution in [1.29, 1.82) is 0 Å². The van der Waals surface area contributed by atoms with E-state index in [9.17, 15) is 22.4 Å². The second-order valence-corrected chi connectivity index (χ2v) is 7.69. The second kappa shape index (κ2) is 8.21. The van der Waals surface area contributed by atoms with Crippen LogP contribution in [0.15, 0.2) is 29.4 Å². The SMILES string of the molecule is CC1OC(C(F)(F)F)C(C)(c2nc(NC(=O)c3ncc(Cl)cc3Cl)ccc2F)N=C1N. The lowest BCUT2D eigenvalue weighted by atomic mass is 9.88. The summed E-state index contributed by atoms with van der Waals surface area (Å²) in [7, 11) is 0. The average Bonchev–Trinajstić information content (AvgIpc) is 2.65. The predicted molar refractivity (Wildman–Crippen MR) is 106 cm³/mol. The summed E-state index contributed by atoms with van der Waals surface area (Å²) in [5.41, 5.74) is 2.41. The molecule has 1 aliphatic heterocycles. The molecular formula is C18H15Cl2F4N5O2. The summed E-state index contributed by atoms with van der Waals surface area (Å²) in [4.78, 5) is 23.9. The lowest BCUT2D eigenvalue weighted by Gasteiger charge is -2.40. The third kappa shape index (κ3) is 4.58. The van der Waals surface area contributed by atoms with E-state index in [1.807, 2.05) is 0 Å². The molecule has 0 aliphatic carbocycles. The molecule has 1 aliphatic rings. The highest BCUT2D eigenvalue weighted by molar-refractivity contribution is 6.36. The minimum Gasteiger partial charge on any atom is -0.385 e. The van der Waals surface area contributed by atoms with Crippen LogP contribution in [-0.4, -0.2) is 40.1 Å². The Morgan fingerprint density at radius 3 is 2.61 bits per heavy atom. The van der Waals surface area contributed by atoms with Crippen molar-refractivity contribution in [2.24, 2.45) is 10.7 Å². The first-order valence-electron chi connectivity index (χ1n) is 8.69. The van der Waals surface area contributed by atoms with Crippen molar-refractivity contribution in [1.82, 2.24) is 9.97 Å². The number of nitrogens with two attached hydrogens (primary N) is 1. The lowest BCUT2D eigenvalue weighted by molar-refractivity contribution is -0.249. The highest BCUT2D eigenvalue weighted by Crippen LogP contribution is 2.43. The first kappa shape index (κ1) is 23.2. The van der Waals surface area contributed by atoms with Crippen molar-refractivity contribution in [3.8, 4) is 0 Å². The molecule has 0 aromatic carbocycles. The van der Waals surface area contributed by atoms with Crippen molar-refractivity contribution in [2.75, 3.05) is 5.32 Å². The van der Waals surface area contributed by atoms with E-state index in [2.05, 4.69) is 20.3 Å². The molecule has 166 valence electrons. The fourth-order valence-electron chi connectivity index (χ4n) is 3.02. The maximum Gasteiger partial charge on any atom is 0.417 e. The van der Waals surface area contributed by atoms with Crippen LogP contribution in [0, 0.1) is 5.82 Å². The molecular weight excluding hydrogens is 465 g/mol. The predicted octanol–water partition coefficient (Wildman–Crippen LogP) is 4.10. The van der Waals surface area contributed by atoms with Gasteiger partial charge < -0.3 is 15.8 Å². The number of nitrogens with zero attached hydrogens (tertiary/aromatic N) is 3. The molecule has 3 atom stereocenters. The van der Waals surface area contributed by atoms with Gasteiger partial charge in [-0.15, -0.1) is 0 Å². The van der Waals surface area contributed by atoms with Crippen LogP contribution < -0.4 is 11.1 Å². The zero-order valence-corrected chi connectivity index (χ0v) is 17.5. The Labute approximate surface area is 183 Å². The van der Waals surface area contributed by atoms with Gasteiger partial charge in [-0.25, -0.2) is 14.4 Å². The van der Waals surface area contributed by atoms with E-state index in [0.29, 0.717) is 0 Å². The fourth-order valence-corrected chi connectivity index (χ4v) is 3.49. The van der Waals surface area contributed by atoms with Gasteiger partial charge in [0.15, 0.2) is 6.10 Å². The minimum absolute atomic E-state index is 0.0662. The Hall–Kier alpha value is -2.50. The summed E-state index contributed by atoms with van der Waals surface area (Å²) in [6, 6.07) is 3.19. The quantitative estimate of drug-likeness (QED) is 0.645. The third-order valence-electron chi connectivity index (χ3n) is 4.52. The van der Waals surface area contributed by atoms with Crippen molar-refractivity contribution < 1.29 is 27.1 Å². The molecule has 3 unspecified atom stereocenters. The molecule has 0 saturated heterocycles. The highest BCUT2D eigenvalue weighted by Gasteiger charge is 2.58. The van der Waals surface area contributed by atoms with Crippen LogP contribution in [0.3, 0.4) is 0 Å². The maximum atomic E-state index is 14.6. The molecule has 3 heterocycles. The molecule has 0 saturated carbocycles. The summed E-state index contributed by atoms with van der Waals surface area (Å²) in [5.74, 6) is -2.44. The van der Waals surface area contributed by atoms with Gasteiger partial charge in [0.1, 0.15) is 40.5 Å². The third-order valence-corrected chi connectivity index (χ3v) is 5.01. The summed E-state index contributed by atoms with van der Waals surface area (Å²) >= 11 is 11.7. The molecule has 0 spiro atoms. The number of aliphatic imine (C=N–C) groups is 1. The summed E-state index contributed by atoms with van der Waals surface area (Å²) in [5, 5.41) is 2.43. The number of rotatable bonds is 3. The average molecular weight is 480 g/mol. The number of nitrogens with one attached hydrogen (secondary N) is 1. The number of amides is 1. The Morgan fingerprint density at radius 2 is 2.00 bits per heavy atom. The van der Waals surface area contributed by atoms with Crippen LogP contribution in [0.5, 0.6) is 0 Å². The number of pyridine rings is 2. The number of carbonyl (C=O) groups is 1. The monoisotopic (exact) mass is 479 g/mol. The number of amidine groups is 1. The van der Waals surface area contributed by atoms with Crippen molar-refractivity contribution in [2.45, 2.75) is 37.8 Å². The number of alkyl halides is 3. The van der Waals surface area contributed by atoms with Gasteiger partial charge in [0, 0.05) is 6.20 Å². The largest absolute Gasteiger partial charge is 0.417 e. The summed E-state index contributed by atoms with van der Waals surface area (Å²) < 4.78 is 60.6. The van der Waals surface area contributed by atoms with Crippen LogP contribution in [0.1, 0.15) is 30.0 Å². The Kier molecular flexibility index (Phi) is 6.14. The molecule has 31 heavy (non-hydrogen) atoms. The summed E-state index contributed by atoms with van der Waals surface area (Å²) in [6.45, 7) is 2.29.